The third-order valence-electron chi connectivity index (χ3n) is 2.05. The predicted octanol–water partition coefficient (Wildman–Crippen LogP) is 2.62. The maximum absolute atomic E-state index is 13.1. The molecule has 0 amide bonds. The van der Waals surface area contributed by atoms with Gasteiger partial charge in [-0.2, -0.15) is 0 Å². The fourth-order valence-corrected chi connectivity index (χ4v) is 1.80. The molecule has 17 heavy (non-hydrogen) atoms. The molecule has 1 aromatic rings. The molecule has 0 heterocycles. The van der Waals surface area contributed by atoms with Crippen LogP contribution in [0.1, 0.15) is 18.9 Å². The number of hydrogen-bond donors (Lipinski definition) is 2. The van der Waals surface area contributed by atoms with Gasteiger partial charge in [-0.25, -0.2) is 14.3 Å². The van der Waals surface area contributed by atoms with E-state index in [2.05, 4.69) is 22.6 Å². The molecule has 4 nitrogen and oxygen atoms in total. The number of hydrogen-bond acceptors (Lipinski definition) is 2. The van der Waals surface area contributed by atoms with Crippen molar-refractivity contribution in [3.63, 3.8) is 0 Å². The van der Waals surface area contributed by atoms with E-state index in [0.717, 1.165) is 14.2 Å². The van der Waals surface area contributed by atoms with Gasteiger partial charge >= 0.3 is 0 Å². The largest absolute Gasteiger partial charge is 0.368 e. The molecule has 0 saturated carbocycles. The van der Waals surface area contributed by atoms with E-state index < -0.39 is 6.36 Å². The molecule has 0 radical (unpaired) electrons. The molecule has 1 rings (SSSR count). The number of hydroxylamine groups is 2. The van der Waals surface area contributed by atoms with Gasteiger partial charge in [0.25, 0.3) is 0 Å². The summed E-state index contributed by atoms with van der Waals surface area (Å²) in [6.45, 7) is 1.92. The van der Waals surface area contributed by atoms with Crippen molar-refractivity contribution in [2.75, 3.05) is 0 Å². The third-order valence-corrected chi connectivity index (χ3v) is 2.72. The Morgan fingerprint density at radius 1 is 1.65 bits per heavy atom. The summed E-state index contributed by atoms with van der Waals surface area (Å²) in [6, 6.07) is 7.65. The number of nitrogens with one attached hydrogen (secondary N) is 1. The molecule has 94 valence electrons. The van der Waals surface area contributed by atoms with E-state index in [1.165, 1.54) is 0 Å². The van der Waals surface area contributed by atoms with Crippen molar-refractivity contribution in [2.45, 2.75) is 26.2 Å². The van der Waals surface area contributed by atoms with Crippen LogP contribution in [-0.2, 0) is 11.4 Å². The molecule has 1 aromatic carbocycles. The van der Waals surface area contributed by atoms with Crippen LogP contribution in [0.3, 0.4) is 0 Å². The molecule has 0 saturated heterocycles. The van der Waals surface area contributed by atoms with Crippen molar-refractivity contribution in [3.8, 4) is 0 Å². The fourth-order valence-electron chi connectivity index (χ4n) is 1.19. The lowest BCUT2D eigenvalue weighted by Crippen LogP contribution is -2.38. The van der Waals surface area contributed by atoms with Crippen LogP contribution in [0.25, 0.3) is 0 Å². The van der Waals surface area contributed by atoms with Gasteiger partial charge < -0.3 is 5.73 Å². The SMILES string of the molecule is CCC(F)ON(Cc1cccc(I)c1)C(=N)N. The summed E-state index contributed by atoms with van der Waals surface area (Å²) in [4.78, 5) is 4.92. The predicted molar refractivity (Wildman–Crippen MR) is 72.9 cm³/mol. The van der Waals surface area contributed by atoms with Crippen LogP contribution >= 0.6 is 22.6 Å². The van der Waals surface area contributed by atoms with E-state index in [1.54, 1.807) is 6.92 Å². The highest BCUT2D eigenvalue weighted by molar-refractivity contribution is 14.1. The second-order valence-electron chi connectivity index (χ2n) is 3.48. The fraction of sp³-hybridized carbons (Fsp3) is 0.364. The second-order valence-corrected chi connectivity index (χ2v) is 4.72. The number of rotatable bonds is 5. The number of alkyl halides is 1. The van der Waals surface area contributed by atoms with Gasteiger partial charge in [0.2, 0.25) is 12.3 Å². The molecule has 0 aliphatic carbocycles. The highest BCUT2D eigenvalue weighted by Gasteiger charge is 2.14. The van der Waals surface area contributed by atoms with E-state index in [-0.39, 0.29) is 18.9 Å². The minimum Gasteiger partial charge on any atom is -0.368 e. The first kappa shape index (κ1) is 14.2. The molecule has 0 fully saturated rings. The first-order chi connectivity index (χ1) is 8.02. The summed E-state index contributed by atoms with van der Waals surface area (Å²) < 4.78 is 14.2. The van der Waals surface area contributed by atoms with Gasteiger partial charge in [0.05, 0.1) is 6.54 Å². The Hall–Kier alpha value is -0.890. The zero-order valence-corrected chi connectivity index (χ0v) is 11.6. The number of halogens is 2. The van der Waals surface area contributed by atoms with Gasteiger partial charge in [0.1, 0.15) is 0 Å². The Kier molecular flexibility index (Phi) is 5.63. The molecule has 1 unspecified atom stereocenters. The normalized spacial score (nSPS) is 12.2. The van der Waals surface area contributed by atoms with Gasteiger partial charge in [0.15, 0.2) is 0 Å². The van der Waals surface area contributed by atoms with Crippen molar-refractivity contribution in [2.24, 2.45) is 5.73 Å². The van der Waals surface area contributed by atoms with E-state index in [9.17, 15) is 4.39 Å². The first-order valence-electron chi connectivity index (χ1n) is 5.19. The average Bonchev–Trinajstić information content (AvgIpc) is 2.27. The Morgan fingerprint density at radius 2 is 2.35 bits per heavy atom. The molecular weight excluding hydrogens is 336 g/mol. The van der Waals surface area contributed by atoms with Crippen LogP contribution in [0.2, 0.25) is 0 Å². The van der Waals surface area contributed by atoms with Gasteiger partial charge in [-0.3, -0.25) is 5.41 Å². The third kappa shape index (κ3) is 4.86. The number of benzene rings is 1. The van der Waals surface area contributed by atoms with E-state index in [4.69, 9.17) is 16.0 Å². The van der Waals surface area contributed by atoms with Crippen molar-refractivity contribution in [1.29, 1.82) is 5.41 Å². The van der Waals surface area contributed by atoms with Crippen LogP contribution in [0.5, 0.6) is 0 Å². The second kappa shape index (κ2) is 6.75. The summed E-state index contributed by atoms with van der Waals surface area (Å²) in [5.41, 5.74) is 6.25. The molecule has 0 aliphatic rings. The molecule has 6 heteroatoms. The highest BCUT2D eigenvalue weighted by atomic mass is 127. The Labute approximate surface area is 114 Å². The van der Waals surface area contributed by atoms with Crippen LogP contribution in [0.4, 0.5) is 4.39 Å². The lowest BCUT2D eigenvalue weighted by Gasteiger charge is -2.23. The summed E-state index contributed by atoms with van der Waals surface area (Å²) in [7, 11) is 0. The van der Waals surface area contributed by atoms with Crippen LogP contribution < -0.4 is 5.73 Å². The van der Waals surface area contributed by atoms with Crippen LogP contribution in [0, 0.1) is 8.98 Å². The quantitative estimate of drug-likeness (QED) is 0.371. The van der Waals surface area contributed by atoms with Crippen molar-refractivity contribution in [1.82, 2.24) is 5.06 Å². The number of nitrogens with two attached hydrogens (primary N) is 1. The standard InChI is InChI=1S/C11H15FIN3O/c1-2-10(12)17-16(11(14)15)7-8-4-3-5-9(13)6-8/h3-6,10H,2,7H2,1H3,(H3,14,15). The molecule has 1 atom stereocenters. The molecular formula is C11H15FIN3O. The minimum atomic E-state index is -1.44. The summed E-state index contributed by atoms with van der Waals surface area (Å²) in [5, 5.41) is 8.39. The number of nitrogens with zero attached hydrogens (tertiary/aromatic N) is 1. The molecule has 0 aliphatic heterocycles. The molecule has 0 aromatic heterocycles. The summed E-state index contributed by atoms with van der Waals surface area (Å²) in [5.74, 6) is -0.306. The van der Waals surface area contributed by atoms with Crippen molar-refractivity contribution >= 4 is 28.6 Å². The Bertz CT molecular complexity index is 389. The molecule has 0 bridgehead atoms. The van der Waals surface area contributed by atoms with Crippen molar-refractivity contribution in [3.05, 3.63) is 33.4 Å². The topological polar surface area (TPSA) is 62.3 Å². The minimum absolute atomic E-state index is 0.218. The van der Waals surface area contributed by atoms with Crippen molar-refractivity contribution < 1.29 is 9.23 Å². The van der Waals surface area contributed by atoms with Gasteiger partial charge in [-0.1, -0.05) is 19.1 Å². The van der Waals surface area contributed by atoms with Gasteiger partial charge in [-0.15, -0.1) is 0 Å². The summed E-state index contributed by atoms with van der Waals surface area (Å²) in [6.07, 6.45) is -1.22. The van der Waals surface area contributed by atoms with Crippen LogP contribution in [-0.4, -0.2) is 17.4 Å². The lowest BCUT2D eigenvalue weighted by molar-refractivity contribution is -0.201. The maximum atomic E-state index is 13.1. The maximum Gasteiger partial charge on any atom is 0.224 e. The van der Waals surface area contributed by atoms with Gasteiger partial charge in [0, 0.05) is 9.99 Å². The molecule has 3 N–H and O–H groups in total. The lowest BCUT2D eigenvalue weighted by atomic mass is 10.2. The zero-order chi connectivity index (χ0) is 12.8. The van der Waals surface area contributed by atoms with E-state index in [1.807, 2.05) is 24.3 Å². The van der Waals surface area contributed by atoms with Gasteiger partial charge in [-0.05, 0) is 40.3 Å². The Balaban J connectivity index is 2.70. The highest BCUT2D eigenvalue weighted by Crippen LogP contribution is 2.12. The summed E-state index contributed by atoms with van der Waals surface area (Å²) >= 11 is 2.18. The number of guanidine groups is 1. The van der Waals surface area contributed by atoms with E-state index in [0.29, 0.717) is 0 Å². The zero-order valence-electron chi connectivity index (χ0n) is 9.49. The van der Waals surface area contributed by atoms with Crippen LogP contribution in [0.15, 0.2) is 24.3 Å². The molecule has 0 spiro atoms. The smallest absolute Gasteiger partial charge is 0.224 e. The monoisotopic (exact) mass is 351 g/mol. The Morgan fingerprint density at radius 3 is 2.88 bits per heavy atom. The van der Waals surface area contributed by atoms with E-state index >= 15 is 0 Å². The first-order valence-corrected chi connectivity index (χ1v) is 6.27. The average molecular weight is 351 g/mol.